The fourth-order valence-electron chi connectivity index (χ4n) is 2.87. The Morgan fingerprint density at radius 3 is 2.59 bits per heavy atom. The summed E-state index contributed by atoms with van der Waals surface area (Å²) in [6.45, 7) is 3.75. The van der Waals surface area contributed by atoms with Gasteiger partial charge >= 0.3 is 5.97 Å². The number of nitrogens with one attached hydrogen (secondary N) is 2. The van der Waals surface area contributed by atoms with Crippen molar-refractivity contribution in [2.45, 2.75) is 20.3 Å². The van der Waals surface area contributed by atoms with E-state index < -0.39 is 5.97 Å². The van der Waals surface area contributed by atoms with Crippen molar-refractivity contribution in [3.8, 4) is 0 Å². The summed E-state index contributed by atoms with van der Waals surface area (Å²) < 4.78 is 4.74. The van der Waals surface area contributed by atoms with Crippen molar-refractivity contribution in [1.82, 2.24) is 9.97 Å². The minimum atomic E-state index is -0.429. The normalized spacial score (nSPS) is 10.3. The molecule has 7 nitrogen and oxygen atoms in total. The molecule has 0 aliphatic rings. The lowest BCUT2D eigenvalue weighted by Gasteiger charge is -2.11. The van der Waals surface area contributed by atoms with E-state index in [-0.39, 0.29) is 11.6 Å². The number of anilines is 3. The second-order valence-electron chi connectivity index (χ2n) is 6.35. The first-order valence-electron chi connectivity index (χ1n) is 9.20. The van der Waals surface area contributed by atoms with Gasteiger partial charge in [0, 0.05) is 17.4 Å². The number of aryl methyl sites for hydroxylation is 2. The van der Waals surface area contributed by atoms with E-state index >= 15 is 0 Å². The molecule has 0 unspecified atom stereocenters. The monoisotopic (exact) mass is 390 g/mol. The average Bonchev–Trinajstić information content (AvgIpc) is 2.73. The summed E-state index contributed by atoms with van der Waals surface area (Å²) >= 11 is 0. The molecule has 0 bridgehead atoms. The second-order valence-corrected chi connectivity index (χ2v) is 6.35. The van der Waals surface area contributed by atoms with Crippen LogP contribution in [0.2, 0.25) is 0 Å². The van der Waals surface area contributed by atoms with Crippen LogP contribution in [0.5, 0.6) is 0 Å². The molecule has 3 rings (SSSR count). The van der Waals surface area contributed by atoms with Crippen LogP contribution in [0.3, 0.4) is 0 Å². The third kappa shape index (κ3) is 4.95. The van der Waals surface area contributed by atoms with Crippen LogP contribution < -0.4 is 10.6 Å². The first-order chi connectivity index (χ1) is 14.0. The summed E-state index contributed by atoms with van der Waals surface area (Å²) in [5.41, 5.74) is 3.11. The van der Waals surface area contributed by atoms with Gasteiger partial charge in [0.05, 0.1) is 12.7 Å². The highest BCUT2D eigenvalue weighted by Gasteiger charge is 2.13. The molecule has 1 aromatic heterocycles. The van der Waals surface area contributed by atoms with E-state index in [9.17, 15) is 9.59 Å². The van der Waals surface area contributed by atoms with Gasteiger partial charge in [0.25, 0.3) is 5.91 Å². The number of benzene rings is 2. The number of esters is 1. The van der Waals surface area contributed by atoms with Crippen molar-refractivity contribution in [2.24, 2.45) is 0 Å². The van der Waals surface area contributed by atoms with Crippen molar-refractivity contribution in [1.29, 1.82) is 0 Å². The Labute approximate surface area is 169 Å². The van der Waals surface area contributed by atoms with Crippen molar-refractivity contribution >= 4 is 29.1 Å². The van der Waals surface area contributed by atoms with Gasteiger partial charge in [-0.05, 0) is 43.2 Å². The molecule has 0 saturated heterocycles. The van der Waals surface area contributed by atoms with E-state index in [1.807, 2.05) is 31.2 Å². The molecular weight excluding hydrogens is 368 g/mol. The zero-order valence-electron chi connectivity index (χ0n) is 16.5. The maximum Gasteiger partial charge on any atom is 0.337 e. The van der Waals surface area contributed by atoms with Crippen LogP contribution in [0.1, 0.15) is 39.2 Å². The van der Waals surface area contributed by atoms with Gasteiger partial charge in [-0.15, -0.1) is 0 Å². The van der Waals surface area contributed by atoms with Gasteiger partial charge < -0.3 is 15.4 Å². The Hall–Kier alpha value is -3.74. The van der Waals surface area contributed by atoms with Gasteiger partial charge in [0.2, 0.25) is 0 Å². The zero-order chi connectivity index (χ0) is 20.8. The highest BCUT2D eigenvalue weighted by atomic mass is 16.5. The number of carbonyl (C=O) groups excluding carboxylic acids is 2. The molecule has 29 heavy (non-hydrogen) atoms. The summed E-state index contributed by atoms with van der Waals surface area (Å²) in [5.74, 6) is 0.159. The number of amides is 1. The summed E-state index contributed by atoms with van der Waals surface area (Å²) in [6.07, 6.45) is 0.808. The van der Waals surface area contributed by atoms with E-state index in [0.717, 1.165) is 17.7 Å². The van der Waals surface area contributed by atoms with Gasteiger partial charge in [-0.25, -0.2) is 14.8 Å². The molecule has 0 fully saturated rings. The molecule has 2 N–H and O–H groups in total. The van der Waals surface area contributed by atoms with Crippen LogP contribution in [-0.2, 0) is 11.2 Å². The van der Waals surface area contributed by atoms with Crippen LogP contribution in [0.4, 0.5) is 17.2 Å². The molecule has 2 aromatic carbocycles. The maximum atomic E-state index is 12.7. The summed E-state index contributed by atoms with van der Waals surface area (Å²) in [5, 5.41) is 6.02. The van der Waals surface area contributed by atoms with E-state index in [1.54, 1.807) is 37.3 Å². The molecule has 0 radical (unpaired) electrons. The van der Waals surface area contributed by atoms with Crippen LogP contribution in [0.15, 0.2) is 54.6 Å². The lowest BCUT2D eigenvalue weighted by atomic mass is 10.1. The fraction of sp³-hybridized carbons (Fsp3) is 0.182. The maximum absolute atomic E-state index is 12.7. The Balaban J connectivity index is 1.83. The number of aromatic nitrogens is 2. The molecule has 0 atom stereocenters. The van der Waals surface area contributed by atoms with Crippen molar-refractivity contribution < 1.29 is 14.3 Å². The lowest BCUT2D eigenvalue weighted by molar-refractivity contribution is 0.0600. The van der Waals surface area contributed by atoms with Gasteiger partial charge in [-0.2, -0.15) is 0 Å². The highest BCUT2D eigenvalue weighted by Crippen LogP contribution is 2.19. The molecule has 148 valence electrons. The van der Waals surface area contributed by atoms with E-state index in [1.165, 1.54) is 7.11 Å². The minimum Gasteiger partial charge on any atom is -0.465 e. The standard InChI is InChI=1S/C22H22N4O3/c1-4-15-8-5-6-11-18(15)26-21(27)19-13-20(24-14(2)23-19)25-17-10-7-9-16(12-17)22(28)29-3/h5-13H,4H2,1-3H3,(H,26,27)(H,23,24,25). The van der Waals surface area contributed by atoms with Gasteiger partial charge in [-0.1, -0.05) is 31.2 Å². The Morgan fingerprint density at radius 2 is 1.83 bits per heavy atom. The van der Waals surface area contributed by atoms with Crippen LogP contribution in [0, 0.1) is 6.92 Å². The topological polar surface area (TPSA) is 93.2 Å². The summed E-state index contributed by atoms with van der Waals surface area (Å²) in [6, 6.07) is 16.1. The van der Waals surface area contributed by atoms with E-state index in [4.69, 9.17) is 4.74 Å². The first kappa shape index (κ1) is 20.0. The summed E-state index contributed by atoms with van der Waals surface area (Å²) in [7, 11) is 1.33. The van der Waals surface area contributed by atoms with Crippen LogP contribution in [-0.4, -0.2) is 29.0 Å². The third-order valence-corrected chi connectivity index (χ3v) is 4.27. The number of para-hydroxylation sites is 1. The number of nitrogens with zero attached hydrogens (tertiary/aromatic N) is 2. The van der Waals surface area contributed by atoms with Gasteiger partial charge in [0.15, 0.2) is 0 Å². The molecule has 0 aliphatic carbocycles. The number of carbonyl (C=O) groups is 2. The zero-order valence-corrected chi connectivity index (χ0v) is 16.5. The van der Waals surface area contributed by atoms with Gasteiger partial charge in [-0.3, -0.25) is 4.79 Å². The molecule has 0 spiro atoms. The third-order valence-electron chi connectivity index (χ3n) is 4.27. The number of hydrogen-bond donors (Lipinski definition) is 2. The predicted octanol–water partition coefficient (Wildman–Crippen LogP) is 4.13. The molecule has 3 aromatic rings. The molecule has 0 saturated carbocycles. The largest absolute Gasteiger partial charge is 0.465 e. The molecule has 7 heteroatoms. The first-order valence-corrected chi connectivity index (χ1v) is 9.20. The Morgan fingerprint density at radius 1 is 1.03 bits per heavy atom. The van der Waals surface area contributed by atoms with Crippen molar-refractivity contribution in [2.75, 3.05) is 17.7 Å². The van der Waals surface area contributed by atoms with Crippen molar-refractivity contribution in [3.05, 3.63) is 77.2 Å². The smallest absolute Gasteiger partial charge is 0.337 e. The number of methoxy groups -OCH3 is 1. The average molecular weight is 390 g/mol. The molecule has 1 heterocycles. The van der Waals surface area contributed by atoms with Crippen LogP contribution >= 0.6 is 0 Å². The van der Waals surface area contributed by atoms with Crippen LogP contribution in [0.25, 0.3) is 0 Å². The number of ether oxygens (including phenoxy) is 1. The molecule has 0 aliphatic heterocycles. The van der Waals surface area contributed by atoms with E-state index in [2.05, 4.69) is 20.6 Å². The van der Waals surface area contributed by atoms with E-state index in [0.29, 0.717) is 22.9 Å². The molecule has 1 amide bonds. The predicted molar refractivity (Wildman–Crippen MR) is 112 cm³/mol. The number of rotatable bonds is 6. The Kier molecular flexibility index (Phi) is 6.19. The molecular formula is C22H22N4O3. The second kappa shape index (κ2) is 8.97. The van der Waals surface area contributed by atoms with Crippen molar-refractivity contribution in [3.63, 3.8) is 0 Å². The minimum absolute atomic E-state index is 0.245. The fourth-order valence-corrected chi connectivity index (χ4v) is 2.87. The number of hydrogen-bond acceptors (Lipinski definition) is 6. The Bertz CT molecular complexity index is 1050. The SMILES string of the molecule is CCc1ccccc1NC(=O)c1cc(Nc2cccc(C(=O)OC)c2)nc(C)n1. The summed E-state index contributed by atoms with van der Waals surface area (Å²) in [4.78, 5) is 33.0. The lowest BCUT2D eigenvalue weighted by Crippen LogP contribution is -2.16. The van der Waals surface area contributed by atoms with Gasteiger partial charge in [0.1, 0.15) is 17.3 Å². The quantitative estimate of drug-likeness (QED) is 0.615. The highest BCUT2D eigenvalue weighted by molar-refractivity contribution is 6.03.